The van der Waals surface area contributed by atoms with E-state index in [2.05, 4.69) is 19.9 Å². The van der Waals surface area contributed by atoms with E-state index in [0.29, 0.717) is 5.52 Å². The number of aromatic amines is 2. The lowest BCUT2D eigenvalue weighted by molar-refractivity contribution is 1.19. The first kappa shape index (κ1) is 11.7. The first-order valence-corrected chi connectivity index (χ1v) is 6.44. The number of fused-ring (bicyclic) bond motifs is 3. The zero-order chi connectivity index (χ0) is 14.4. The molecule has 21 heavy (non-hydrogen) atoms. The van der Waals surface area contributed by atoms with Gasteiger partial charge in [-0.1, -0.05) is 6.07 Å². The third-order valence-electron chi connectivity index (χ3n) is 3.50. The lowest BCUT2D eigenvalue weighted by Gasteiger charge is -2.05. The van der Waals surface area contributed by atoms with E-state index in [1.807, 2.05) is 24.3 Å². The maximum atomic E-state index is 11.9. The van der Waals surface area contributed by atoms with Crippen LogP contribution in [0.2, 0.25) is 0 Å². The van der Waals surface area contributed by atoms with Gasteiger partial charge in [0.15, 0.2) is 0 Å². The number of benzene rings is 1. The van der Waals surface area contributed by atoms with Crippen LogP contribution in [0.4, 0.5) is 5.95 Å². The summed E-state index contributed by atoms with van der Waals surface area (Å²) in [5, 5.41) is 1.85. The second kappa shape index (κ2) is 4.17. The van der Waals surface area contributed by atoms with Crippen LogP contribution in [0.1, 0.15) is 0 Å². The molecule has 3 heterocycles. The fourth-order valence-electron chi connectivity index (χ4n) is 2.54. The quantitative estimate of drug-likeness (QED) is 0.495. The number of hydrogen-bond acceptors (Lipinski definition) is 4. The van der Waals surface area contributed by atoms with E-state index in [4.69, 9.17) is 5.73 Å². The van der Waals surface area contributed by atoms with Gasteiger partial charge >= 0.3 is 0 Å². The predicted octanol–water partition coefficient (Wildman–Crippen LogP) is 2.05. The summed E-state index contributed by atoms with van der Waals surface area (Å²) in [7, 11) is 0. The summed E-state index contributed by atoms with van der Waals surface area (Å²) in [4.78, 5) is 25.9. The Kier molecular flexibility index (Phi) is 2.32. The summed E-state index contributed by atoms with van der Waals surface area (Å²) in [6, 6.07) is 9.46. The Balaban J connectivity index is 2.05. The number of nitrogen functional groups attached to an aromatic ring is 1. The minimum atomic E-state index is -0.124. The number of pyridine rings is 1. The molecule has 4 rings (SSSR count). The number of aromatic nitrogens is 4. The smallest absolute Gasteiger partial charge is 0.272 e. The van der Waals surface area contributed by atoms with E-state index in [1.54, 1.807) is 18.5 Å². The molecule has 4 aromatic rings. The molecule has 0 spiro atoms. The fourth-order valence-corrected chi connectivity index (χ4v) is 2.54. The van der Waals surface area contributed by atoms with E-state index in [9.17, 15) is 4.79 Å². The molecule has 4 N–H and O–H groups in total. The maximum Gasteiger partial charge on any atom is 0.272 e. The molecule has 0 radical (unpaired) electrons. The third-order valence-corrected chi connectivity index (χ3v) is 3.50. The Morgan fingerprint density at radius 1 is 1.10 bits per heavy atom. The number of H-pyrrole nitrogens is 2. The molecule has 6 heteroatoms. The van der Waals surface area contributed by atoms with Gasteiger partial charge in [-0.15, -0.1) is 0 Å². The average Bonchev–Trinajstić information content (AvgIpc) is 2.97. The van der Waals surface area contributed by atoms with Gasteiger partial charge in [0.25, 0.3) is 5.56 Å². The molecule has 102 valence electrons. The van der Waals surface area contributed by atoms with Crippen molar-refractivity contribution in [2.24, 2.45) is 0 Å². The Hall–Kier alpha value is -3.15. The summed E-state index contributed by atoms with van der Waals surface area (Å²) in [5.74, 6) is 0.237. The molecular weight excluding hydrogens is 266 g/mol. The number of nitrogens with two attached hydrogens (primary N) is 1. The topological polar surface area (TPSA) is 100 Å². The van der Waals surface area contributed by atoms with Crippen molar-refractivity contribution < 1.29 is 0 Å². The largest absolute Gasteiger partial charge is 0.368 e. The van der Waals surface area contributed by atoms with Crippen LogP contribution < -0.4 is 11.3 Å². The monoisotopic (exact) mass is 277 g/mol. The number of rotatable bonds is 1. The van der Waals surface area contributed by atoms with Gasteiger partial charge in [-0.2, -0.15) is 0 Å². The molecule has 1 aromatic carbocycles. The highest BCUT2D eigenvalue weighted by molar-refractivity contribution is 6.05. The SMILES string of the molecule is Nc1nccc(-c2ccc3[nH]c(=O)c4[nH]ccc4c3c2)n1. The molecule has 0 bridgehead atoms. The van der Waals surface area contributed by atoms with Gasteiger partial charge in [0.2, 0.25) is 5.95 Å². The Morgan fingerprint density at radius 3 is 2.86 bits per heavy atom. The van der Waals surface area contributed by atoms with Gasteiger partial charge in [-0.25, -0.2) is 9.97 Å². The van der Waals surface area contributed by atoms with E-state index in [-0.39, 0.29) is 11.5 Å². The van der Waals surface area contributed by atoms with Crippen LogP contribution >= 0.6 is 0 Å². The Morgan fingerprint density at radius 2 is 2.00 bits per heavy atom. The normalized spacial score (nSPS) is 11.2. The molecule has 3 aromatic heterocycles. The summed E-state index contributed by atoms with van der Waals surface area (Å²) in [6.07, 6.45) is 3.38. The molecular formula is C15H11N5O. The van der Waals surface area contributed by atoms with Crippen LogP contribution in [0.5, 0.6) is 0 Å². The number of nitrogens with one attached hydrogen (secondary N) is 2. The summed E-state index contributed by atoms with van der Waals surface area (Å²) in [6.45, 7) is 0. The lowest BCUT2D eigenvalue weighted by atomic mass is 10.1. The van der Waals surface area contributed by atoms with E-state index in [1.165, 1.54) is 0 Å². The van der Waals surface area contributed by atoms with Gasteiger partial charge in [-0.05, 0) is 24.3 Å². The van der Waals surface area contributed by atoms with Crippen molar-refractivity contribution in [1.29, 1.82) is 0 Å². The zero-order valence-electron chi connectivity index (χ0n) is 10.9. The van der Waals surface area contributed by atoms with E-state index in [0.717, 1.165) is 27.5 Å². The average molecular weight is 277 g/mol. The molecule has 0 aliphatic heterocycles. The summed E-state index contributed by atoms with van der Waals surface area (Å²) >= 11 is 0. The highest BCUT2D eigenvalue weighted by Gasteiger charge is 2.08. The lowest BCUT2D eigenvalue weighted by Crippen LogP contribution is -2.06. The maximum absolute atomic E-state index is 11.9. The fraction of sp³-hybridized carbons (Fsp3) is 0. The number of nitrogens with zero attached hydrogens (tertiary/aromatic N) is 2. The van der Waals surface area contributed by atoms with Gasteiger partial charge in [-0.3, -0.25) is 4.79 Å². The molecule has 0 saturated heterocycles. The second-order valence-electron chi connectivity index (χ2n) is 4.78. The van der Waals surface area contributed by atoms with Crippen molar-refractivity contribution in [1.82, 2.24) is 19.9 Å². The minimum absolute atomic E-state index is 0.124. The van der Waals surface area contributed by atoms with E-state index >= 15 is 0 Å². The molecule has 0 unspecified atom stereocenters. The van der Waals surface area contributed by atoms with Crippen LogP contribution in [0, 0.1) is 0 Å². The highest BCUT2D eigenvalue weighted by Crippen LogP contribution is 2.26. The molecule has 0 aliphatic carbocycles. The van der Waals surface area contributed by atoms with Crippen LogP contribution in [0.3, 0.4) is 0 Å². The van der Waals surface area contributed by atoms with Crippen molar-refractivity contribution >= 4 is 27.8 Å². The van der Waals surface area contributed by atoms with Crippen molar-refractivity contribution in [3.8, 4) is 11.3 Å². The first-order valence-electron chi connectivity index (χ1n) is 6.44. The molecule has 0 aliphatic rings. The molecule has 0 atom stereocenters. The predicted molar refractivity (Wildman–Crippen MR) is 81.9 cm³/mol. The molecule has 0 saturated carbocycles. The first-order chi connectivity index (χ1) is 10.2. The molecule has 0 fully saturated rings. The minimum Gasteiger partial charge on any atom is -0.368 e. The Labute approximate surface area is 118 Å². The van der Waals surface area contributed by atoms with E-state index < -0.39 is 0 Å². The van der Waals surface area contributed by atoms with Crippen LogP contribution in [-0.2, 0) is 0 Å². The van der Waals surface area contributed by atoms with Crippen molar-refractivity contribution in [2.75, 3.05) is 5.73 Å². The van der Waals surface area contributed by atoms with Gasteiger partial charge in [0.05, 0.1) is 5.69 Å². The van der Waals surface area contributed by atoms with Crippen LogP contribution in [0.25, 0.3) is 33.1 Å². The third kappa shape index (κ3) is 1.77. The van der Waals surface area contributed by atoms with Crippen LogP contribution in [0.15, 0.2) is 47.5 Å². The number of anilines is 1. The Bertz CT molecular complexity index is 1030. The van der Waals surface area contributed by atoms with Crippen LogP contribution in [-0.4, -0.2) is 19.9 Å². The highest BCUT2D eigenvalue weighted by atomic mass is 16.1. The summed E-state index contributed by atoms with van der Waals surface area (Å²) in [5.41, 5.74) is 8.54. The van der Waals surface area contributed by atoms with Crippen molar-refractivity contribution in [3.63, 3.8) is 0 Å². The van der Waals surface area contributed by atoms with Crippen molar-refractivity contribution in [2.45, 2.75) is 0 Å². The summed E-state index contributed by atoms with van der Waals surface area (Å²) < 4.78 is 0. The van der Waals surface area contributed by atoms with Crippen molar-refractivity contribution in [3.05, 3.63) is 53.1 Å². The van der Waals surface area contributed by atoms with Gasteiger partial charge < -0.3 is 15.7 Å². The van der Waals surface area contributed by atoms with Gasteiger partial charge in [0, 0.05) is 34.2 Å². The standard InChI is InChI=1S/C15H11N5O/c16-15-18-6-4-11(20-15)8-1-2-12-10(7-8)9-3-5-17-13(9)14(21)19-12/h1-7,17H,(H,19,21)(H2,16,18,20). The zero-order valence-corrected chi connectivity index (χ0v) is 10.9. The second-order valence-corrected chi connectivity index (χ2v) is 4.78. The number of hydrogen-bond donors (Lipinski definition) is 3. The molecule has 6 nitrogen and oxygen atoms in total. The molecule has 0 amide bonds. The van der Waals surface area contributed by atoms with Gasteiger partial charge in [0.1, 0.15) is 5.52 Å².